The first-order valence-corrected chi connectivity index (χ1v) is 21.3. The molecule has 3 aromatic carbocycles. The van der Waals surface area contributed by atoms with Crippen LogP contribution in [0.3, 0.4) is 0 Å². The number of thiocarbonyl (C=S) groups is 1. The molecule has 3 heterocycles. The number of aliphatic hydroxyl groups excluding tert-OH is 1. The third kappa shape index (κ3) is 12.7. The van der Waals surface area contributed by atoms with Crippen LogP contribution < -0.4 is 14.8 Å². The molecule has 16 nitrogen and oxygen atoms in total. The van der Waals surface area contributed by atoms with Crippen LogP contribution in [0.5, 0.6) is 11.5 Å². The first-order valence-electron chi connectivity index (χ1n) is 20.9. The Morgan fingerprint density at radius 1 is 0.746 bits per heavy atom. The lowest BCUT2D eigenvalue weighted by Crippen LogP contribution is -2.62. The number of benzene rings is 3. The van der Waals surface area contributed by atoms with Crippen molar-refractivity contribution in [2.75, 3.05) is 33.9 Å². The molecule has 0 aromatic heterocycles. The number of fused-ring (bicyclic) bond motifs is 1. The second-order valence-corrected chi connectivity index (χ2v) is 16.3. The number of carbonyl (C=O) groups excluding carboxylic acids is 4. The van der Waals surface area contributed by atoms with E-state index in [-0.39, 0.29) is 31.8 Å². The molecule has 3 aromatic rings. The number of hydrogen-bond acceptors (Lipinski definition) is 16. The quantitative estimate of drug-likeness (QED) is 0.114. The van der Waals surface area contributed by atoms with Gasteiger partial charge in [0.15, 0.2) is 36.1 Å². The van der Waals surface area contributed by atoms with Crippen molar-refractivity contribution in [1.82, 2.24) is 10.2 Å². The van der Waals surface area contributed by atoms with Crippen molar-refractivity contribution in [3.63, 3.8) is 0 Å². The van der Waals surface area contributed by atoms with Gasteiger partial charge < -0.3 is 53.1 Å². The van der Waals surface area contributed by atoms with Crippen LogP contribution >= 0.6 is 12.2 Å². The summed E-state index contributed by atoms with van der Waals surface area (Å²) in [6.45, 7) is 6.99. The molecule has 63 heavy (non-hydrogen) atoms. The van der Waals surface area contributed by atoms with E-state index in [1.54, 1.807) is 14.2 Å². The number of ether oxygens (including phenoxy) is 9. The monoisotopic (exact) mass is 892 g/mol. The molecule has 0 spiro atoms. The predicted molar refractivity (Wildman–Crippen MR) is 229 cm³/mol. The molecular formula is C46H56N2O14S. The van der Waals surface area contributed by atoms with E-state index in [9.17, 15) is 24.3 Å². The van der Waals surface area contributed by atoms with Crippen LogP contribution in [-0.4, -0.2) is 109 Å². The smallest absolute Gasteiger partial charge is 0.303 e. The molecule has 3 aliphatic heterocycles. The molecule has 2 N–H and O–H groups in total. The number of nitrogens with zero attached hydrogens (tertiary/aromatic N) is 1. The van der Waals surface area contributed by atoms with Gasteiger partial charge in [0.25, 0.3) is 0 Å². The van der Waals surface area contributed by atoms with Gasteiger partial charge in [-0.25, -0.2) is 0 Å². The van der Waals surface area contributed by atoms with Crippen molar-refractivity contribution < 1.29 is 66.9 Å². The maximum absolute atomic E-state index is 12.3. The maximum Gasteiger partial charge on any atom is 0.303 e. The molecule has 6 rings (SSSR count). The summed E-state index contributed by atoms with van der Waals surface area (Å²) in [6.07, 6.45) is -5.31. The van der Waals surface area contributed by atoms with Gasteiger partial charge in [-0.2, -0.15) is 0 Å². The van der Waals surface area contributed by atoms with Crippen LogP contribution in [0, 0.1) is 0 Å². The lowest BCUT2D eigenvalue weighted by molar-refractivity contribution is -0.253. The van der Waals surface area contributed by atoms with Gasteiger partial charge in [0.2, 0.25) is 0 Å². The summed E-state index contributed by atoms with van der Waals surface area (Å²) in [6, 6.07) is 19.7. The molecule has 0 saturated carbocycles. The van der Waals surface area contributed by atoms with E-state index in [0.717, 1.165) is 47.5 Å². The lowest BCUT2D eigenvalue weighted by Gasteiger charge is -2.44. The zero-order valence-corrected chi connectivity index (χ0v) is 37.2. The minimum atomic E-state index is -1.28. The standard InChI is InChI=1S/C46H56N2O14S/c1-26(50)56-25-41-44(58-28(3)52)45(59-29(4)53)43(57-27(2)51)40(61-41)20-42(63)47-21-30-7-13-33(14-8-30)46-60-36(19-37(62-46)32-11-9-31(24-49)10-12-32)23-48-16-15-34-17-38(54-5)39(55-6)18-35(34)22-48/h7-14,17-18,36-37,40-41,43-46,49H,15-16,19-25H2,1-6H3,(H,47,63)/t36-,37+,40-,41+,43-,44+,45+,46?/m0/s1. The summed E-state index contributed by atoms with van der Waals surface area (Å²) in [5, 5.41) is 12.9. The third-order valence-corrected chi connectivity index (χ3v) is 11.4. The number of aliphatic hydroxyl groups is 1. The van der Waals surface area contributed by atoms with Gasteiger partial charge >= 0.3 is 23.9 Å². The molecular weight excluding hydrogens is 837 g/mol. The highest BCUT2D eigenvalue weighted by atomic mass is 32.1. The van der Waals surface area contributed by atoms with Crippen molar-refractivity contribution >= 4 is 41.1 Å². The Balaban J connectivity index is 1.13. The summed E-state index contributed by atoms with van der Waals surface area (Å²) in [4.78, 5) is 51.1. The van der Waals surface area contributed by atoms with Crippen molar-refractivity contribution in [3.05, 3.63) is 94.0 Å². The van der Waals surface area contributed by atoms with Crippen LogP contribution in [0.25, 0.3) is 0 Å². The average Bonchev–Trinajstić information content (AvgIpc) is 3.26. The van der Waals surface area contributed by atoms with E-state index < -0.39 is 60.7 Å². The van der Waals surface area contributed by atoms with Crippen molar-refractivity contribution in [1.29, 1.82) is 0 Å². The van der Waals surface area contributed by atoms with Crippen molar-refractivity contribution in [2.24, 2.45) is 0 Å². The molecule has 8 atom stereocenters. The van der Waals surface area contributed by atoms with E-state index >= 15 is 0 Å². The first kappa shape index (κ1) is 47.3. The van der Waals surface area contributed by atoms with E-state index in [1.807, 2.05) is 48.5 Å². The van der Waals surface area contributed by atoms with Gasteiger partial charge in [-0.05, 0) is 46.4 Å². The fourth-order valence-corrected chi connectivity index (χ4v) is 8.39. The first-order chi connectivity index (χ1) is 30.2. The van der Waals surface area contributed by atoms with Gasteiger partial charge in [0.1, 0.15) is 18.8 Å². The summed E-state index contributed by atoms with van der Waals surface area (Å²) >= 11 is 5.72. The fraction of sp³-hybridized carbons (Fsp3) is 0.500. The Hall–Kier alpha value is -5.17. The summed E-state index contributed by atoms with van der Waals surface area (Å²) in [5.74, 6) is -1.29. The Labute approximate surface area is 372 Å². The normalized spacial score (nSPS) is 24.6. The Morgan fingerprint density at radius 2 is 1.33 bits per heavy atom. The highest BCUT2D eigenvalue weighted by molar-refractivity contribution is 7.80. The molecule has 1 unspecified atom stereocenters. The zero-order chi connectivity index (χ0) is 45.2. The number of nitrogens with one attached hydrogen (secondary N) is 1. The Bertz CT molecular complexity index is 2080. The van der Waals surface area contributed by atoms with Crippen LogP contribution in [-0.2, 0) is 78.5 Å². The van der Waals surface area contributed by atoms with Gasteiger partial charge in [0, 0.05) is 72.3 Å². The van der Waals surface area contributed by atoms with Gasteiger partial charge in [0.05, 0.1) is 38.0 Å². The number of carbonyl (C=O) groups is 4. The predicted octanol–water partition coefficient (Wildman–Crippen LogP) is 4.73. The van der Waals surface area contributed by atoms with E-state index in [1.165, 1.54) is 38.8 Å². The molecule has 0 radical (unpaired) electrons. The van der Waals surface area contributed by atoms with Gasteiger partial charge in [-0.3, -0.25) is 24.1 Å². The number of hydrogen-bond donors (Lipinski definition) is 2. The summed E-state index contributed by atoms with van der Waals surface area (Å²) < 4.78 is 52.4. The van der Waals surface area contributed by atoms with E-state index in [4.69, 9.17) is 54.8 Å². The lowest BCUT2D eigenvalue weighted by atomic mass is 9.92. The minimum Gasteiger partial charge on any atom is -0.493 e. The Kier molecular flexibility index (Phi) is 16.5. The van der Waals surface area contributed by atoms with Crippen LogP contribution in [0.15, 0.2) is 60.7 Å². The highest BCUT2D eigenvalue weighted by Crippen LogP contribution is 2.40. The number of methoxy groups -OCH3 is 2. The summed E-state index contributed by atoms with van der Waals surface area (Å²) in [5.41, 5.74) is 5.98. The van der Waals surface area contributed by atoms with Gasteiger partial charge in [-0.15, -0.1) is 0 Å². The largest absolute Gasteiger partial charge is 0.493 e. The topological polar surface area (TPSA) is 187 Å². The van der Waals surface area contributed by atoms with Crippen molar-refractivity contribution in [2.45, 2.75) is 116 Å². The zero-order valence-electron chi connectivity index (χ0n) is 36.4. The highest BCUT2D eigenvalue weighted by Gasteiger charge is 2.52. The Morgan fingerprint density at radius 3 is 1.94 bits per heavy atom. The molecule has 340 valence electrons. The van der Waals surface area contributed by atoms with Crippen LogP contribution in [0.4, 0.5) is 0 Å². The average molecular weight is 893 g/mol. The molecule has 2 saturated heterocycles. The van der Waals surface area contributed by atoms with E-state index in [0.29, 0.717) is 30.2 Å². The van der Waals surface area contributed by atoms with E-state index in [2.05, 4.69) is 22.3 Å². The van der Waals surface area contributed by atoms with Crippen molar-refractivity contribution in [3.8, 4) is 11.5 Å². The molecule has 3 aliphatic rings. The summed E-state index contributed by atoms with van der Waals surface area (Å²) in [7, 11) is 3.29. The van der Waals surface area contributed by atoms with Crippen LogP contribution in [0.1, 0.15) is 86.3 Å². The molecule has 0 aliphatic carbocycles. The molecule has 2 fully saturated rings. The second-order valence-electron chi connectivity index (χ2n) is 15.8. The maximum atomic E-state index is 12.3. The SMILES string of the molecule is COc1cc2c(cc1OC)CN(C[C@@H]1C[C@H](c3ccc(CO)cc3)OC(c3ccc(CNC(=S)C[C@@H]4O[C@H](COC(C)=O)[C@@H](OC(C)=O)[C@H](OC(C)=O)[C@H]4OC(C)=O)cc3)O1)CC2. The molecule has 0 bridgehead atoms. The fourth-order valence-electron chi connectivity index (χ4n) is 8.15. The molecule has 17 heteroatoms. The second kappa shape index (κ2) is 22.0. The van der Waals surface area contributed by atoms with Gasteiger partial charge in [-0.1, -0.05) is 60.7 Å². The van der Waals surface area contributed by atoms with Crippen LogP contribution in [0.2, 0.25) is 0 Å². The minimum absolute atomic E-state index is 0.0165. The molecule has 0 amide bonds. The number of rotatable bonds is 16. The number of esters is 4. The third-order valence-electron chi connectivity index (χ3n) is 11.1.